The Bertz CT molecular complexity index is 551. The molecule has 2 aromatic heterocycles. The number of hydrogen-bond donors (Lipinski definition) is 1. The maximum Gasteiger partial charge on any atom is 0.227 e. The number of aryl methyl sites for hydroxylation is 2. The smallest absolute Gasteiger partial charge is 0.227 e. The third-order valence-electron chi connectivity index (χ3n) is 3.37. The van der Waals surface area contributed by atoms with Crippen LogP contribution in [0.3, 0.4) is 0 Å². The molecular weight excluding hydrogens is 305 g/mol. The lowest BCUT2D eigenvalue weighted by atomic mass is 9.77. The molecule has 0 aromatic carbocycles. The van der Waals surface area contributed by atoms with Gasteiger partial charge in [-0.05, 0) is 31.7 Å². The number of halogens is 2. The van der Waals surface area contributed by atoms with Gasteiger partial charge in [0.1, 0.15) is 0 Å². The zero-order valence-electron chi connectivity index (χ0n) is 10.3. The van der Waals surface area contributed by atoms with Gasteiger partial charge in [-0.2, -0.15) is 4.98 Å². The molecule has 0 unspecified atom stereocenters. The van der Waals surface area contributed by atoms with Gasteiger partial charge in [-0.3, -0.25) is 0 Å². The Balaban J connectivity index is 0.00000133. The Morgan fingerprint density at radius 3 is 2.79 bits per heavy atom. The van der Waals surface area contributed by atoms with E-state index in [1.807, 2.05) is 11.4 Å². The Morgan fingerprint density at radius 2 is 2.21 bits per heavy atom. The third-order valence-corrected chi connectivity index (χ3v) is 4.71. The summed E-state index contributed by atoms with van der Waals surface area (Å²) >= 11 is 7.53. The molecule has 1 fully saturated rings. The largest absolute Gasteiger partial charge is 0.339 e. The van der Waals surface area contributed by atoms with E-state index < -0.39 is 0 Å². The summed E-state index contributed by atoms with van der Waals surface area (Å²) in [6.07, 6.45) is 4.66. The minimum absolute atomic E-state index is 0. The molecule has 7 heteroatoms. The summed E-state index contributed by atoms with van der Waals surface area (Å²) in [5, 5.41) is 6.71. The molecule has 19 heavy (non-hydrogen) atoms. The highest BCUT2D eigenvalue weighted by Crippen LogP contribution is 2.36. The first kappa shape index (κ1) is 14.8. The van der Waals surface area contributed by atoms with Crippen LogP contribution in [0.5, 0.6) is 0 Å². The van der Waals surface area contributed by atoms with Crippen molar-refractivity contribution in [2.75, 3.05) is 0 Å². The molecule has 1 saturated carbocycles. The number of nitrogens with zero attached hydrogens (tertiary/aromatic N) is 2. The molecule has 1 aliphatic rings. The van der Waals surface area contributed by atoms with Crippen molar-refractivity contribution in [1.82, 2.24) is 10.1 Å². The Kier molecular flexibility index (Phi) is 4.50. The molecule has 0 spiro atoms. The van der Waals surface area contributed by atoms with Crippen molar-refractivity contribution in [3.8, 4) is 0 Å². The van der Waals surface area contributed by atoms with Gasteiger partial charge in [0.05, 0.1) is 10.6 Å². The SMILES string of the molecule is Cl.NC1(c2noc(CCc3cc(Cl)cs3)n2)CCC1. The van der Waals surface area contributed by atoms with Crippen molar-refractivity contribution in [2.45, 2.75) is 37.6 Å². The van der Waals surface area contributed by atoms with Crippen molar-refractivity contribution in [3.05, 3.63) is 33.1 Å². The number of aromatic nitrogens is 2. The summed E-state index contributed by atoms with van der Waals surface area (Å²) in [7, 11) is 0. The molecule has 4 nitrogen and oxygen atoms in total. The van der Waals surface area contributed by atoms with Crippen LogP contribution < -0.4 is 5.73 Å². The summed E-state index contributed by atoms with van der Waals surface area (Å²) in [6, 6.07) is 1.97. The second kappa shape index (κ2) is 5.79. The van der Waals surface area contributed by atoms with E-state index in [2.05, 4.69) is 10.1 Å². The van der Waals surface area contributed by atoms with E-state index in [-0.39, 0.29) is 17.9 Å². The average molecular weight is 320 g/mol. The third kappa shape index (κ3) is 3.11. The topological polar surface area (TPSA) is 64.9 Å². The molecule has 0 bridgehead atoms. The fraction of sp³-hybridized carbons (Fsp3) is 0.500. The monoisotopic (exact) mass is 319 g/mol. The predicted octanol–water partition coefficient (Wildman–Crippen LogP) is 3.33. The zero-order valence-corrected chi connectivity index (χ0v) is 12.7. The Morgan fingerprint density at radius 1 is 1.42 bits per heavy atom. The molecule has 104 valence electrons. The first-order chi connectivity index (χ1) is 8.66. The van der Waals surface area contributed by atoms with Gasteiger partial charge in [-0.25, -0.2) is 0 Å². The molecule has 0 atom stereocenters. The standard InChI is InChI=1S/C12H14ClN3OS.ClH/c13-8-6-9(18-7-8)2-3-10-15-11(16-17-10)12(14)4-1-5-12;/h6-7H,1-5,14H2;1H. The minimum atomic E-state index is -0.339. The van der Waals surface area contributed by atoms with E-state index in [4.69, 9.17) is 21.9 Å². The van der Waals surface area contributed by atoms with E-state index in [1.54, 1.807) is 11.3 Å². The second-order valence-electron chi connectivity index (χ2n) is 4.75. The first-order valence-corrected chi connectivity index (χ1v) is 7.26. The van der Waals surface area contributed by atoms with Crippen LogP contribution in [0.25, 0.3) is 0 Å². The molecule has 0 saturated heterocycles. The van der Waals surface area contributed by atoms with Crippen molar-refractivity contribution in [2.24, 2.45) is 5.73 Å². The molecule has 0 radical (unpaired) electrons. The van der Waals surface area contributed by atoms with Crippen LogP contribution in [-0.4, -0.2) is 10.1 Å². The second-order valence-corrected chi connectivity index (χ2v) is 6.18. The van der Waals surface area contributed by atoms with Crippen molar-refractivity contribution in [1.29, 1.82) is 0 Å². The van der Waals surface area contributed by atoms with Gasteiger partial charge in [0.15, 0.2) is 5.82 Å². The van der Waals surface area contributed by atoms with Crippen LogP contribution in [-0.2, 0) is 18.4 Å². The minimum Gasteiger partial charge on any atom is -0.339 e. The summed E-state index contributed by atoms with van der Waals surface area (Å²) in [5.74, 6) is 1.32. The van der Waals surface area contributed by atoms with Crippen LogP contribution in [0.2, 0.25) is 5.02 Å². The highest BCUT2D eigenvalue weighted by atomic mass is 35.5. The van der Waals surface area contributed by atoms with Gasteiger partial charge in [0.2, 0.25) is 5.89 Å². The van der Waals surface area contributed by atoms with Crippen LogP contribution in [0.4, 0.5) is 0 Å². The van der Waals surface area contributed by atoms with Crippen LogP contribution >= 0.6 is 35.3 Å². The van der Waals surface area contributed by atoms with Gasteiger partial charge in [-0.1, -0.05) is 16.8 Å². The fourth-order valence-corrected chi connectivity index (χ4v) is 3.13. The predicted molar refractivity (Wildman–Crippen MR) is 78.0 cm³/mol. The summed E-state index contributed by atoms with van der Waals surface area (Å²) < 4.78 is 5.25. The number of hydrogen-bond acceptors (Lipinski definition) is 5. The zero-order chi connectivity index (χ0) is 12.6. The summed E-state index contributed by atoms with van der Waals surface area (Å²) in [6.45, 7) is 0. The lowest BCUT2D eigenvalue weighted by Crippen LogP contribution is -2.44. The van der Waals surface area contributed by atoms with Crippen LogP contribution in [0.15, 0.2) is 16.0 Å². The maximum absolute atomic E-state index is 6.15. The van der Waals surface area contributed by atoms with Crippen molar-refractivity contribution < 1.29 is 4.52 Å². The van der Waals surface area contributed by atoms with Crippen molar-refractivity contribution >= 4 is 35.3 Å². The highest BCUT2D eigenvalue weighted by Gasteiger charge is 2.38. The van der Waals surface area contributed by atoms with Gasteiger partial charge in [-0.15, -0.1) is 23.7 Å². The Labute approximate surface area is 126 Å². The molecule has 3 rings (SSSR count). The lowest BCUT2D eigenvalue weighted by Gasteiger charge is -2.34. The molecule has 2 N–H and O–H groups in total. The number of rotatable bonds is 4. The molecule has 0 aliphatic heterocycles. The maximum atomic E-state index is 6.15. The van der Waals surface area contributed by atoms with Crippen LogP contribution in [0.1, 0.15) is 35.9 Å². The van der Waals surface area contributed by atoms with E-state index in [1.165, 1.54) is 4.88 Å². The number of thiophene rings is 1. The highest BCUT2D eigenvalue weighted by molar-refractivity contribution is 7.10. The van der Waals surface area contributed by atoms with E-state index in [0.29, 0.717) is 11.7 Å². The summed E-state index contributed by atoms with van der Waals surface area (Å²) in [4.78, 5) is 5.62. The van der Waals surface area contributed by atoms with Gasteiger partial charge < -0.3 is 10.3 Å². The molecule has 0 amide bonds. The normalized spacial score (nSPS) is 16.7. The average Bonchev–Trinajstić information content (AvgIpc) is 2.92. The molecular formula is C12H15Cl2N3OS. The first-order valence-electron chi connectivity index (χ1n) is 6.01. The van der Waals surface area contributed by atoms with Gasteiger partial charge in [0, 0.05) is 16.7 Å². The van der Waals surface area contributed by atoms with Gasteiger partial charge >= 0.3 is 0 Å². The fourth-order valence-electron chi connectivity index (χ4n) is 2.05. The quantitative estimate of drug-likeness (QED) is 0.938. The van der Waals surface area contributed by atoms with Crippen molar-refractivity contribution in [3.63, 3.8) is 0 Å². The lowest BCUT2D eigenvalue weighted by molar-refractivity contribution is 0.229. The van der Waals surface area contributed by atoms with Gasteiger partial charge in [0.25, 0.3) is 0 Å². The molecule has 2 aromatic rings. The van der Waals surface area contributed by atoms with Crippen LogP contribution in [0, 0.1) is 0 Å². The molecule has 2 heterocycles. The van der Waals surface area contributed by atoms with E-state index in [9.17, 15) is 0 Å². The molecule has 1 aliphatic carbocycles. The van der Waals surface area contributed by atoms with E-state index >= 15 is 0 Å². The summed E-state index contributed by atoms with van der Waals surface area (Å²) in [5.41, 5.74) is 5.81. The Hall–Kier alpha value is -0.620. The van der Waals surface area contributed by atoms with E-state index in [0.717, 1.165) is 37.1 Å². The number of nitrogens with two attached hydrogens (primary N) is 1.